The van der Waals surface area contributed by atoms with Crippen LogP contribution >= 0.6 is 0 Å². The molecule has 1 aromatic rings. The highest BCUT2D eigenvalue weighted by Crippen LogP contribution is 2.50. The SMILES string of the molecule is COc1ccc(C2(CCO)CCC3(CC2)OCC(C)(C)CO3)cc1OC. The number of aliphatic hydroxyl groups excluding tert-OH is 1. The molecule has 5 nitrogen and oxygen atoms in total. The zero-order valence-corrected chi connectivity index (χ0v) is 16.5. The maximum Gasteiger partial charge on any atom is 0.168 e. The molecule has 1 saturated heterocycles. The molecular weight excluding hydrogens is 332 g/mol. The van der Waals surface area contributed by atoms with E-state index in [4.69, 9.17) is 18.9 Å². The van der Waals surface area contributed by atoms with Crippen LogP contribution in [0.1, 0.15) is 51.5 Å². The van der Waals surface area contributed by atoms with Gasteiger partial charge in [0.2, 0.25) is 0 Å². The summed E-state index contributed by atoms with van der Waals surface area (Å²) in [6.45, 7) is 5.97. The highest BCUT2D eigenvalue weighted by molar-refractivity contribution is 5.45. The van der Waals surface area contributed by atoms with E-state index in [2.05, 4.69) is 26.0 Å². The van der Waals surface area contributed by atoms with Gasteiger partial charge in [-0.1, -0.05) is 19.9 Å². The van der Waals surface area contributed by atoms with E-state index in [1.54, 1.807) is 14.2 Å². The third-order valence-electron chi connectivity index (χ3n) is 6.01. The van der Waals surface area contributed by atoms with Gasteiger partial charge in [-0.15, -0.1) is 0 Å². The van der Waals surface area contributed by atoms with Gasteiger partial charge in [0.1, 0.15) is 0 Å². The first-order valence-electron chi connectivity index (χ1n) is 9.49. The van der Waals surface area contributed by atoms with Crippen molar-refractivity contribution < 1.29 is 24.1 Å². The van der Waals surface area contributed by atoms with Crippen molar-refractivity contribution in [2.24, 2.45) is 5.41 Å². The van der Waals surface area contributed by atoms with Crippen LogP contribution in [0.2, 0.25) is 0 Å². The molecule has 1 aliphatic carbocycles. The number of hydrogen-bond acceptors (Lipinski definition) is 5. The van der Waals surface area contributed by atoms with Crippen LogP contribution in [0.25, 0.3) is 0 Å². The van der Waals surface area contributed by atoms with Crippen LogP contribution in [0.15, 0.2) is 18.2 Å². The van der Waals surface area contributed by atoms with Crippen molar-refractivity contribution in [3.8, 4) is 11.5 Å². The molecule has 1 aromatic carbocycles. The normalized spacial score (nSPS) is 23.6. The third kappa shape index (κ3) is 3.71. The lowest BCUT2D eigenvalue weighted by Gasteiger charge is -2.50. The largest absolute Gasteiger partial charge is 0.493 e. The number of hydrogen-bond donors (Lipinski definition) is 1. The summed E-state index contributed by atoms with van der Waals surface area (Å²) < 4.78 is 23.2. The molecule has 0 amide bonds. The van der Waals surface area contributed by atoms with Crippen LogP contribution in [-0.4, -0.2) is 44.9 Å². The van der Waals surface area contributed by atoms with Gasteiger partial charge in [0.05, 0.1) is 27.4 Å². The Morgan fingerprint density at radius 3 is 2.12 bits per heavy atom. The second-order valence-corrected chi connectivity index (χ2v) is 8.48. The van der Waals surface area contributed by atoms with Gasteiger partial charge in [-0.05, 0) is 42.4 Å². The molecule has 0 radical (unpaired) electrons. The Bertz CT molecular complexity index is 605. The summed E-state index contributed by atoms with van der Waals surface area (Å²) in [5, 5.41) is 9.72. The minimum Gasteiger partial charge on any atom is -0.493 e. The van der Waals surface area contributed by atoms with Crippen molar-refractivity contribution in [3.05, 3.63) is 23.8 Å². The van der Waals surface area contributed by atoms with E-state index in [9.17, 15) is 5.11 Å². The quantitative estimate of drug-likeness (QED) is 0.864. The molecule has 3 rings (SSSR count). The molecule has 146 valence electrons. The van der Waals surface area contributed by atoms with Crippen molar-refractivity contribution in [2.75, 3.05) is 34.0 Å². The van der Waals surface area contributed by atoms with Crippen molar-refractivity contribution in [1.82, 2.24) is 0 Å². The average molecular weight is 364 g/mol. The average Bonchev–Trinajstić information content (AvgIpc) is 2.66. The Balaban J connectivity index is 1.80. The van der Waals surface area contributed by atoms with E-state index in [1.165, 1.54) is 5.56 Å². The Morgan fingerprint density at radius 1 is 0.962 bits per heavy atom. The zero-order chi connectivity index (χ0) is 18.8. The molecule has 5 heteroatoms. The lowest BCUT2D eigenvalue weighted by molar-refractivity contribution is -0.313. The fourth-order valence-corrected chi connectivity index (χ4v) is 4.20. The van der Waals surface area contributed by atoms with Gasteiger partial charge < -0.3 is 24.1 Å². The summed E-state index contributed by atoms with van der Waals surface area (Å²) in [7, 11) is 3.30. The molecule has 1 saturated carbocycles. The van der Waals surface area contributed by atoms with Crippen LogP contribution in [0.5, 0.6) is 11.5 Å². The predicted molar refractivity (Wildman–Crippen MR) is 99.8 cm³/mol. The second-order valence-electron chi connectivity index (χ2n) is 8.48. The van der Waals surface area contributed by atoms with Gasteiger partial charge in [0.15, 0.2) is 17.3 Å². The standard InChI is InChI=1S/C21H32O5/c1-19(2)14-25-21(26-15-19)9-7-20(8-10-21,11-12-22)16-5-6-17(23-3)18(13-16)24-4/h5-6,13,22H,7-12,14-15H2,1-4H3. The summed E-state index contributed by atoms with van der Waals surface area (Å²) in [5.41, 5.74) is 1.18. The predicted octanol–water partition coefficient (Wildman–Crippen LogP) is 3.67. The van der Waals surface area contributed by atoms with E-state index in [0.29, 0.717) is 0 Å². The van der Waals surface area contributed by atoms with Gasteiger partial charge in [0.25, 0.3) is 0 Å². The maximum atomic E-state index is 9.72. The Kier molecular flexibility index (Phi) is 5.52. The van der Waals surface area contributed by atoms with Crippen LogP contribution in [0, 0.1) is 5.41 Å². The summed E-state index contributed by atoms with van der Waals surface area (Å²) in [5.74, 6) is 1.00. The summed E-state index contributed by atoms with van der Waals surface area (Å²) in [6.07, 6.45) is 4.26. The van der Waals surface area contributed by atoms with Crippen molar-refractivity contribution in [2.45, 2.75) is 57.2 Å². The Hall–Kier alpha value is -1.30. The molecule has 1 heterocycles. The Labute approximate surface area is 156 Å². The molecule has 0 bridgehead atoms. The van der Waals surface area contributed by atoms with Gasteiger partial charge in [-0.25, -0.2) is 0 Å². The first kappa shape index (κ1) is 19.5. The highest BCUT2D eigenvalue weighted by atomic mass is 16.7. The first-order chi connectivity index (χ1) is 12.4. The minimum absolute atomic E-state index is 0.0776. The van der Waals surface area contributed by atoms with Crippen molar-refractivity contribution in [1.29, 1.82) is 0 Å². The minimum atomic E-state index is -0.453. The van der Waals surface area contributed by atoms with Crippen molar-refractivity contribution >= 4 is 0 Å². The zero-order valence-electron chi connectivity index (χ0n) is 16.5. The number of ether oxygens (including phenoxy) is 4. The molecular formula is C21H32O5. The number of methoxy groups -OCH3 is 2. The van der Waals surface area contributed by atoms with Crippen LogP contribution in [0.3, 0.4) is 0 Å². The summed E-state index contributed by atoms with van der Waals surface area (Å²) >= 11 is 0. The van der Waals surface area contributed by atoms with Gasteiger partial charge >= 0.3 is 0 Å². The molecule has 26 heavy (non-hydrogen) atoms. The van der Waals surface area contributed by atoms with E-state index in [-0.39, 0.29) is 17.4 Å². The third-order valence-corrected chi connectivity index (χ3v) is 6.01. The number of benzene rings is 1. The van der Waals surface area contributed by atoms with E-state index in [0.717, 1.165) is 56.8 Å². The second kappa shape index (κ2) is 7.37. The first-order valence-corrected chi connectivity index (χ1v) is 9.49. The maximum absolute atomic E-state index is 9.72. The van der Waals surface area contributed by atoms with E-state index >= 15 is 0 Å². The Morgan fingerprint density at radius 2 is 1.58 bits per heavy atom. The topological polar surface area (TPSA) is 57.2 Å². The molecule has 0 unspecified atom stereocenters. The smallest absolute Gasteiger partial charge is 0.168 e. The van der Waals surface area contributed by atoms with Crippen LogP contribution in [0.4, 0.5) is 0 Å². The molecule has 2 aliphatic rings. The van der Waals surface area contributed by atoms with Crippen LogP contribution in [-0.2, 0) is 14.9 Å². The monoisotopic (exact) mass is 364 g/mol. The molecule has 2 fully saturated rings. The number of rotatable bonds is 5. The lowest BCUT2D eigenvalue weighted by Crippen LogP contribution is -2.51. The fourth-order valence-electron chi connectivity index (χ4n) is 4.20. The number of aliphatic hydroxyl groups is 1. The lowest BCUT2D eigenvalue weighted by atomic mass is 9.65. The summed E-state index contributed by atoms with van der Waals surface area (Å²) in [6, 6.07) is 6.10. The summed E-state index contributed by atoms with van der Waals surface area (Å²) in [4.78, 5) is 0. The molecule has 1 aliphatic heterocycles. The van der Waals surface area contributed by atoms with Gasteiger partial charge in [0, 0.05) is 24.9 Å². The van der Waals surface area contributed by atoms with Gasteiger partial charge in [-0.3, -0.25) is 0 Å². The van der Waals surface area contributed by atoms with E-state index in [1.807, 2.05) is 6.07 Å². The molecule has 0 aromatic heterocycles. The molecule has 1 N–H and O–H groups in total. The highest BCUT2D eigenvalue weighted by Gasteiger charge is 2.48. The van der Waals surface area contributed by atoms with Crippen LogP contribution < -0.4 is 9.47 Å². The van der Waals surface area contributed by atoms with Gasteiger partial charge in [-0.2, -0.15) is 0 Å². The van der Waals surface area contributed by atoms with E-state index < -0.39 is 5.79 Å². The van der Waals surface area contributed by atoms with Crippen molar-refractivity contribution in [3.63, 3.8) is 0 Å². The molecule has 1 spiro atoms. The fraction of sp³-hybridized carbons (Fsp3) is 0.714. The molecule has 0 atom stereocenters.